The molecule has 4 nitrogen and oxygen atoms in total. The molecule has 0 bridgehead atoms. The number of hydrogen-bond donors (Lipinski definition) is 1. The maximum absolute atomic E-state index is 12.4. The number of Topliss-reactive ketones (excluding diaryl/α,β-unsaturated/α-hetero) is 1. The third-order valence-electron chi connectivity index (χ3n) is 3.43. The van der Waals surface area contributed by atoms with Crippen molar-refractivity contribution in [2.45, 2.75) is 19.4 Å². The van der Waals surface area contributed by atoms with Crippen LogP contribution in [0.3, 0.4) is 0 Å². The minimum atomic E-state index is -0.0193. The average molecular weight is 230 g/mol. The van der Waals surface area contributed by atoms with Crippen molar-refractivity contribution in [3.63, 3.8) is 0 Å². The number of carbonyl (C=O) groups is 1. The van der Waals surface area contributed by atoms with E-state index in [-0.39, 0.29) is 17.8 Å². The van der Waals surface area contributed by atoms with E-state index >= 15 is 0 Å². The molecule has 0 radical (unpaired) electrons. The summed E-state index contributed by atoms with van der Waals surface area (Å²) >= 11 is 0. The number of aromatic nitrogens is 2. The number of rotatable bonds is 2. The SMILES string of the molecule is CC1OCCC1C(=O)c1c[nH]c2ncccc12. The third-order valence-corrected chi connectivity index (χ3v) is 3.43. The summed E-state index contributed by atoms with van der Waals surface area (Å²) in [6.07, 6.45) is 4.30. The molecule has 1 N–H and O–H groups in total. The zero-order valence-corrected chi connectivity index (χ0v) is 9.64. The number of carbonyl (C=O) groups excluding carboxylic acids is 1. The Balaban J connectivity index is 2.01. The minimum absolute atomic E-state index is 0.0177. The second-order valence-corrected chi connectivity index (χ2v) is 4.44. The Morgan fingerprint density at radius 2 is 2.47 bits per heavy atom. The van der Waals surface area contributed by atoms with Gasteiger partial charge in [0.25, 0.3) is 0 Å². The molecule has 88 valence electrons. The Hall–Kier alpha value is -1.68. The van der Waals surface area contributed by atoms with Gasteiger partial charge in [0.05, 0.1) is 12.0 Å². The molecule has 2 aromatic rings. The molecule has 0 aliphatic carbocycles. The summed E-state index contributed by atoms with van der Waals surface area (Å²) in [7, 11) is 0. The van der Waals surface area contributed by atoms with Crippen LogP contribution >= 0.6 is 0 Å². The fourth-order valence-corrected chi connectivity index (χ4v) is 2.44. The molecule has 2 unspecified atom stereocenters. The summed E-state index contributed by atoms with van der Waals surface area (Å²) in [5.41, 5.74) is 1.50. The predicted octanol–water partition coefficient (Wildman–Crippen LogP) is 2.17. The summed E-state index contributed by atoms with van der Waals surface area (Å²) in [6.45, 7) is 2.64. The van der Waals surface area contributed by atoms with Gasteiger partial charge in [0.2, 0.25) is 0 Å². The lowest BCUT2D eigenvalue weighted by Crippen LogP contribution is -2.21. The van der Waals surface area contributed by atoms with E-state index in [0.717, 1.165) is 23.0 Å². The molecule has 0 amide bonds. The molecule has 1 fully saturated rings. The number of ether oxygens (including phenoxy) is 1. The van der Waals surface area contributed by atoms with Crippen molar-refractivity contribution in [2.24, 2.45) is 5.92 Å². The Kier molecular flexibility index (Phi) is 2.44. The highest BCUT2D eigenvalue weighted by atomic mass is 16.5. The third kappa shape index (κ3) is 1.65. The van der Waals surface area contributed by atoms with Crippen LogP contribution in [0.1, 0.15) is 23.7 Å². The van der Waals surface area contributed by atoms with Gasteiger partial charge in [0.15, 0.2) is 5.78 Å². The molecule has 1 saturated heterocycles. The lowest BCUT2D eigenvalue weighted by molar-refractivity contribution is 0.0766. The van der Waals surface area contributed by atoms with Crippen LogP contribution < -0.4 is 0 Å². The number of H-pyrrole nitrogens is 1. The van der Waals surface area contributed by atoms with E-state index in [0.29, 0.717) is 6.61 Å². The Bertz CT molecular complexity index is 561. The van der Waals surface area contributed by atoms with Crippen LogP contribution in [0.25, 0.3) is 11.0 Å². The van der Waals surface area contributed by atoms with Crippen molar-refractivity contribution in [2.75, 3.05) is 6.61 Å². The minimum Gasteiger partial charge on any atom is -0.378 e. The maximum atomic E-state index is 12.4. The summed E-state index contributed by atoms with van der Waals surface area (Å²) in [6, 6.07) is 3.77. The van der Waals surface area contributed by atoms with Gasteiger partial charge in [-0.05, 0) is 25.5 Å². The highest BCUT2D eigenvalue weighted by Gasteiger charge is 2.32. The van der Waals surface area contributed by atoms with Gasteiger partial charge in [0, 0.05) is 30.0 Å². The number of pyridine rings is 1. The van der Waals surface area contributed by atoms with E-state index in [1.54, 1.807) is 12.4 Å². The first kappa shape index (κ1) is 10.5. The number of hydrogen-bond acceptors (Lipinski definition) is 3. The van der Waals surface area contributed by atoms with Crippen LogP contribution in [-0.2, 0) is 4.74 Å². The number of aromatic amines is 1. The van der Waals surface area contributed by atoms with E-state index in [1.165, 1.54) is 0 Å². The first-order valence-electron chi connectivity index (χ1n) is 5.85. The van der Waals surface area contributed by atoms with Gasteiger partial charge in [-0.2, -0.15) is 0 Å². The molecule has 2 atom stereocenters. The van der Waals surface area contributed by atoms with E-state index < -0.39 is 0 Å². The Labute approximate surface area is 99.0 Å². The van der Waals surface area contributed by atoms with E-state index in [1.807, 2.05) is 19.1 Å². The van der Waals surface area contributed by atoms with E-state index in [4.69, 9.17) is 4.74 Å². The lowest BCUT2D eigenvalue weighted by Gasteiger charge is -2.11. The normalized spacial score (nSPS) is 24.3. The quantitative estimate of drug-likeness (QED) is 0.804. The Morgan fingerprint density at radius 3 is 3.24 bits per heavy atom. The maximum Gasteiger partial charge on any atom is 0.170 e. The van der Waals surface area contributed by atoms with Gasteiger partial charge in [-0.15, -0.1) is 0 Å². The van der Waals surface area contributed by atoms with Crippen LogP contribution in [0.5, 0.6) is 0 Å². The summed E-state index contributed by atoms with van der Waals surface area (Å²) in [5, 5.41) is 0.900. The van der Waals surface area contributed by atoms with Crippen molar-refractivity contribution in [3.05, 3.63) is 30.1 Å². The highest BCUT2D eigenvalue weighted by molar-refractivity contribution is 6.08. The van der Waals surface area contributed by atoms with Gasteiger partial charge in [-0.25, -0.2) is 4.98 Å². The fraction of sp³-hybridized carbons (Fsp3) is 0.385. The fourth-order valence-electron chi connectivity index (χ4n) is 2.44. The molecule has 0 aromatic carbocycles. The van der Waals surface area contributed by atoms with Crippen LogP contribution in [0.15, 0.2) is 24.5 Å². The van der Waals surface area contributed by atoms with Crippen molar-refractivity contribution < 1.29 is 9.53 Å². The molecular weight excluding hydrogens is 216 g/mol. The first-order chi connectivity index (χ1) is 8.27. The van der Waals surface area contributed by atoms with Crippen molar-refractivity contribution >= 4 is 16.8 Å². The number of nitrogens with one attached hydrogen (secondary N) is 1. The molecule has 3 rings (SSSR count). The molecule has 0 saturated carbocycles. The zero-order chi connectivity index (χ0) is 11.8. The van der Waals surface area contributed by atoms with Gasteiger partial charge >= 0.3 is 0 Å². The summed E-state index contributed by atoms with van der Waals surface area (Å²) in [5.74, 6) is 0.142. The summed E-state index contributed by atoms with van der Waals surface area (Å²) < 4.78 is 5.45. The smallest absolute Gasteiger partial charge is 0.170 e. The average Bonchev–Trinajstić information content (AvgIpc) is 2.94. The second kappa shape index (κ2) is 3.96. The molecule has 17 heavy (non-hydrogen) atoms. The van der Waals surface area contributed by atoms with Crippen LogP contribution in [-0.4, -0.2) is 28.5 Å². The van der Waals surface area contributed by atoms with Gasteiger partial charge in [0.1, 0.15) is 5.65 Å². The standard InChI is InChI=1S/C13H14N2O2/c1-8-9(4-6-17-8)12(16)11-7-15-13-10(11)3-2-5-14-13/h2-3,5,7-9H,4,6H2,1H3,(H,14,15). The molecule has 4 heteroatoms. The first-order valence-corrected chi connectivity index (χ1v) is 5.85. The monoisotopic (exact) mass is 230 g/mol. The van der Waals surface area contributed by atoms with Gasteiger partial charge in [-0.1, -0.05) is 0 Å². The van der Waals surface area contributed by atoms with E-state index in [2.05, 4.69) is 9.97 Å². The van der Waals surface area contributed by atoms with Crippen molar-refractivity contribution in [1.82, 2.24) is 9.97 Å². The molecule has 1 aliphatic heterocycles. The predicted molar refractivity (Wildman–Crippen MR) is 63.9 cm³/mol. The molecule has 0 spiro atoms. The molecule has 1 aliphatic rings. The van der Waals surface area contributed by atoms with Crippen LogP contribution in [0.4, 0.5) is 0 Å². The van der Waals surface area contributed by atoms with Crippen LogP contribution in [0.2, 0.25) is 0 Å². The molecular formula is C13H14N2O2. The zero-order valence-electron chi connectivity index (χ0n) is 9.64. The largest absolute Gasteiger partial charge is 0.378 e. The van der Waals surface area contributed by atoms with Gasteiger partial charge in [-0.3, -0.25) is 4.79 Å². The van der Waals surface area contributed by atoms with Gasteiger partial charge < -0.3 is 9.72 Å². The number of nitrogens with zero attached hydrogens (tertiary/aromatic N) is 1. The van der Waals surface area contributed by atoms with Crippen LogP contribution in [0, 0.1) is 5.92 Å². The topological polar surface area (TPSA) is 55.0 Å². The molecule has 2 aromatic heterocycles. The number of fused-ring (bicyclic) bond motifs is 1. The Morgan fingerprint density at radius 1 is 1.59 bits per heavy atom. The second-order valence-electron chi connectivity index (χ2n) is 4.44. The number of ketones is 1. The van der Waals surface area contributed by atoms with Crippen molar-refractivity contribution in [3.8, 4) is 0 Å². The molecule has 3 heterocycles. The summed E-state index contributed by atoms with van der Waals surface area (Å²) in [4.78, 5) is 19.6. The van der Waals surface area contributed by atoms with Crippen molar-refractivity contribution in [1.29, 1.82) is 0 Å². The van der Waals surface area contributed by atoms with E-state index in [9.17, 15) is 4.79 Å². The highest BCUT2D eigenvalue weighted by Crippen LogP contribution is 2.27. The lowest BCUT2D eigenvalue weighted by atomic mass is 9.92.